The summed E-state index contributed by atoms with van der Waals surface area (Å²) in [6, 6.07) is 35.4. The maximum atomic E-state index is 14.4. The van der Waals surface area contributed by atoms with Gasteiger partial charge in [0.2, 0.25) is 5.91 Å². The Morgan fingerprint density at radius 3 is 1.85 bits per heavy atom. The quantitative estimate of drug-likeness (QED) is 0.104. The maximum absolute atomic E-state index is 14.4. The largest absolute Gasteiger partial charge is 0.351 e. The first kappa shape index (κ1) is 39.4. The predicted octanol–water partition coefficient (Wildman–Crippen LogP) is 9.68. The Morgan fingerprint density at radius 1 is 0.736 bits per heavy atom. The van der Waals surface area contributed by atoms with Crippen LogP contribution in [0.4, 0.5) is 5.69 Å². The molecule has 2 amide bonds. The molecule has 276 valence electrons. The third kappa shape index (κ3) is 10.2. The fraction of sp³-hybridized carbons (Fsp3) is 0.273. The van der Waals surface area contributed by atoms with E-state index in [4.69, 9.17) is 16.2 Å². The van der Waals surface area contributed by atoms with Crippen LogP contribution in [0.25, 0.3) is 22.3 Å². The molecule has 0 radical (unpaired) electrons. The number of rotatable bonds is 13. The van der Waals surface area contributed by atoms with Gasteiger partial charge in [-0.15, -0.1) is 0 Å². The van der Waals surface area contributed by atoms with E-state index in [2.05, 4.69) is 87.7 Å². The Hall–Kier alpha value is -4.76. The number of hydrogen-bond acceptors (Lipinski definition) is 4. The van der Waals surface area contributed by atoms with Crippen LogP contribution in [0, 0.1) is 0 Å². The van der Waals surface area contributed by atoms with Crippen molar-refractivity contribution in [1.29, 1.82) is 0 Å². The monoisotopic (exact) mass is 750 g/mol. The number of carbonyl (C=O) groups is 2. The Balaban J connectivity index is 1.44. The number of benzene rings is 5. The lowest BCUT2D eigenvalue weighted by Gasteiger charge is -2.22. The molecule has 1 atom stereocenters. The molecule has 5 rings (SSSR count). The minimum atomic E-state index is -4.19. The van der Waals surface area contributed by atoms with Gasteiger partial charge in [0.05, 0.1) is 11.7 Å². The minimum Gasteiger partial charge on any atom is -0.351 e. The van der Waals surface area contributed by atoms with Crippen LogP contribution in [0.3, 0.4) is 0 Å². The molecule has 0 heterocycles. The molecular weight excluding hydrogens is 704 g/mol. The third-order valence-electron chi connectivity index (χ3n) is 9.57. The number of amides is 2. The maximum Gasteiger partial charge on any atom is 0.266 e. The molecule has 3 N–H and O–H groups in total. The van der Waals surface area contributed by atoms with Gasteiger partial charge in [0.25, 0.3) is 16.0 Å². The Bertz CT molecular complexity index is 2160. The molecule has 7 nitrogen and oxygen atoms in total. The summed E-state index contributed by atoms with van der Waals surface area (Å²) in [4.78, 5) is 27.0. The van der Waals surface area contributed by atoms with E-state index in [1.807, 2.05) is 42.5 Å². The van der Waals surface area contributed by atoms with Crippen LogP contribution < -0.4 is 10.6 Å². The zero-order chi connectivity index (χ0) is 38.3. The summed E-state index contributed by atoms with van der Waals surface area (Å²) < 4.78 is 31.0. The fourth-order valence-electron chi connectivity index (χ4n) is 6.59. The minimum absolute atomic E-state index is 0.0553. The number of carbonyl (C=O) groups excluding carboxylic acids is 2. The van der Waals surface area contributed by atoms with E-state index in [-0.39, 0.29) is 17.9 Å². The highest BCUT2D eigenvalue weighted by Gasteiger charge is 2.24. The fourth-order valence-corrected chi connectivity index (χ4v) is 7.08. The van der Waals surface area contributed by atoms with E-state index in [1.54, 1.807) is 24.3 Å². The standard InChI is InChI=1S/C44H47ClN2O5S/c1-6-37-38(7-2)41(25-24-39(37)32-18-22-36(45)23-19-32)47-43(49)40(28-29-8-10-34(11-9-29)42(48)46-26-27-53(50,51)52)33-14-12-30(13-15-33)31-16-20-35(21-17-31)44(3,4)5/h8-25,40H,6-7,26-28H2,1-5H3,(H,46,48)(H,47,49)(H,50,51,52). The molecule has 0 fully saturated rings. The molecule has 0 aliphatic heterocycles. The second-order valence-corrected chi connectivity index (χ2v) is 16.3. The molecule has 1 unspecified atom stereocenters. The van der Waals surface area contributed by atoms with Crippen molar-refractivity contribution in [2.45, 2.75) is 65.2 Å². The molecular formula is C44H47ClN2O5S. The van der Waals surface area contributed by atoms with Gasteiger partial charge in [-0.1, -0.05) is 125 Å². The first-order valence-electron chi connectivity index (χ1n) is 17.9. The first-order chi connectivity index (χ1) is 25.2. The molecule has 0 saturated carbocycles. The number of halogens is 1. The van der Waals surface area contributed by atoms with Crippen molar-refractivity contribution in [3.05, 3.63) is 148 Å². The highest BCUT2D eigenvalue weighted by molar-refractivity contribution is 7.85. The number of anilines is 1. The van der Waals surface area contributed by atoms with Gasteiger partial charge in [0, 0.05) is 22.8 Å². The SMILES string of the molecule is CCc1c(NC(=O)C(Cc2ccc(C(=O)NCCS(=O)(=O)O)cc2)c2ccc(-c3ccc(C(C)(C)C)cc3)cc2)ccc(-c2ccc(Cl)cc2)c1CC. The molecule has 0 aromatic heterocycles. The summed E-state index contributed by atoms with van der Waals surface area (Å²) >= 11 is 6.17. The predicted molar refractivity (Wildman–Crippen MR) is 216 cm³/mol. The van der Waals surface area contributed by atoms with Gasteiger partial charge >= 0.3 is 0 Å². The van der Waals surface area contributed by atoms with Gasteiger partial charge in [0.1, 0.15) is 0 Å². The molecule has 9 heteroatoms. The molecule has 0 saturated heterocycles. The van der Waals surface area contributed by atoms with Gasteiger partial charge in [-0.2, -0.15) is 8.42 Å². The lowest BCUT2D eigenvalue weighted by Crippen LogP contribution is -2.28. The van der Waals surface area contributed by atoms with E-state index < -0.39 is 27.7 Å². The van der Waals surface area contributed by atoms with Crippen LogP contribution >= 0.6 is 11.6 Å². The van der Waals surface area contributed by atoms with Crippen LogP contribution in [0.15, 0.2) is 109 Å². The zero-order valence-electron chi connectivity index (χ0n) is 30.9. The smallest absolute Gasteiger partial charge is 0.266 e. The van der Waals surface area contributed by atoms with Gasteiger partial charge in [-0.25, -0.2) is 0 Å². The third-order valence-corrected chi connectivity index (χ3v) is 10.5. The average Bonchev–Trinajstić information content (AvgIpc) is 3.13. The first-order valence-corrected chi connectivity index (χ1v) is 19.9. The normalized spacial score (nSPS) is 12.3. The summed E-state index contributed by atoms with van der Waals surface area (Å²) in [6.07, 6.45) is 1.91. The van der Waals surface area contributed by atoms with Gasteiger partial charge in [-0.05, 0) is 105 Å². The van der Waals surface area contributed by atoms with E-state index in [0.29, 0.717) is 17.0 Å². The van der Waals surface area contributed by atoms with Crippen LogP contribution in [0.2, 0.25) is 5.02 Å². The second kappa shape index (κ2) is 16.9. The number of hydrogen-bond donors (Lipinski definition) is 3. The lowest BCUT2D eigenvalue weighted by atomic mass is 9.86. The van der Waals surface area contributed by atoms with E-state index >= 15 is 0 Å². The van der Waals surface area contributed by atoms with Crippen LogP contribution in [-0.2, 0) is 39.6 Å². The van der Waals surface area contributed by atoms with Crippen molar-refractivity contribution >= 4 is 39.2 Å². The average molecular weight is 751 g/mol. The lowest BCUT2D eigenvalue weighted by molar-refractivity contribution is -0.117. The summed E-state index contributed by atoms with van der Waals surface area (Å²) in [7, 11) is -4.19. The zero-order valence-corrected chi connectivity index (χ0v) is 32.4. The summed E-state index contributed by atoms with van der Waals surface area (Å²) in [5.41, 5.74) is 10.7. The second-order valence-electron chi connectivity index (χ2n) is 14.3. The molecule has 0 aliphatic carbocycles. The highest BCUT2D eigenvalue weighted by Crippen LogP contribution is 2.34. The van der Waals surface area contributed by atoms with Crippen molar-refractivity contribution in [2.24, 2.45) is 0 Å². The highest BCUT2D eigenvalue weighted by atomic mass is 35.5. The summed E-state index contributed by atoms with van der Waals surface area (Å²) in [6.45, 7) is 10.6. The van der Waals surface area contributed by atoms with Crippen molar-refractivity contribution in [3.8, 4) is 22.3 Å². The van der Waals surface area contributed by atoms with Crippen molar-refractivity contribution in [3.63, 3.8) is 0 Å². The number of nitrogens with one attached hydrogen (secondary N) is 2. The van der Waals surface area contributed by atoms with Crippen LogP contribution in [-0.4, -0.2) is 37.1 Å². The van der Waals surface area contributed by atoms with Gasteiger partial charge in [0.15, 0.2) is 0 Å². The molecule has 53 heavy (non-hydrogen) atoms. The molecule has 0 spiro atoms. The van der Waals surface area contributed by atoms with Crippen molar-refractivity contribution in [2.75, 3.05) is 17.6 Å². The Kier molecular flexibility index (Phi) is 12.6. The summed E-state index contributed by atoms with van der Waals surface area (Å²) in [5, 5.41) is 6.46. The van der Waals surface area contributed by atoms with Crippen LogP contribution in [0.1, 0.15) is 78.7 Å². The molecule has 0 aliphatic rings. The van der Waals surface area contributed by atoms with Crippen molar-refractivity contribution < 1.29 is 22.6 Å². The van der Waals surface area contributed by atoms with Gasteiger partial charge in [-0.3, -0.25) is 14.1 Å². The van der Waals surface area contributed by atoms with E-state index in [9.17, 15) is 18.0 Å². The summed E-state index contributed by atoms with van der Waals surface area (Å²) in [5.74, 6) is -1.72. The Morgan fingerprint density at radius 2 is 1.30 bits per heavy atom. The molecule has 5 aromatic rings. The Labute approximate surface area is 318 Å². The topological polar surface area (TPSA) is 113 Å². The molecule has 5 aromatic carbocycles. The van der Waals surface area contributed by atoms with E-state index in [0.717, 1.165) is 57.5 Å². The van der Waals surface area contributed by atoms with Crippen molar-refractivity contribution in [1.82, 2.24) is 5.32 Å². The van der Waals surface area contributed by atoms with E-state index in [1.165, 1.54) is 11.1 Å². The van der Waals surface area contributed by atoms with Crippen LogP contribution in [0.5, 0.6) is 0 Å². The molecule has 0 bridgehead atoms. The van der Waals surface area contributed by atoms with Gasteiger partial charge < -0.3 is 10.6 Å².